The fourth-order valence-corrected chi connectivity index (χ4v) is 7.18. The standard InChI is InChI=1S/C38H71O13P/c1-3-5-7-9-11-13-14-15-16-17-18-19-21-23-25-27-32(40)50-30(28-48-31(39)26-24-22-20-12-10-8-6-4-2)29-49-52(46,47)51-38-36(44)34(42)33(41)35(43)37(38)45/h3,30,33-38,41-45H,1,4-29H2,2H3,(H,46,47)/t30-,33?,34-,35?,36?,37?,38?/m1/s1. The van der Waals surface area contributed by atoms with Crippen molar-refractivity contribution in [2.24, 2.45) is 0 Å². The van der Waals surface area contributed by atoms with Crippen LogP contribution in [0.4, 0.5) is 0 Å². The van der Waals surface area contributed by atoms with Crippen LogP contribution in [0.15, 0.2) is 12.7 Å². The fourth-order valence-electron chi connectivity index (χ4n) is 6.21. The van der Waals surface area contributed by atoms with Crippen molar-refractivity contribution in [3.05, 3.63) is 12.7 Å². The Morgan fingerprint density at radius 3 is 1.48 bits per heavy atom. The molecule has 0 spiro atoms. The van der Waals surface area contributed by atoms with Crippen molar-refractivity contribution in [1.82, 2.24) is 0 Å². The first-order chi connectivity index (χ1) is 24.9. The Kier molecular flexibility index (Phi) is 27.9. The topological polar surface area (TPSA) is 210 Å². The first-order valence-corrected chi connectivity index (χ1v) is 21.4. The summed E-state index contributed by atoms with van der Waals surface area (Å²) in [7, 11) is -5.10. The normalized spacial score (nSPS) is 23.5. The van der Waals surface area contributed by atoms with Crippen LogP contribution in [-0.4, -0.2) is 98.3 Å². The van der Waals surface area contributed by atoms with Gasteiger partial charge in [-0.1, -0.05) is 129 Å². The number of carbonyl (C=O) groups is 2. The zero-order valence-electron chi connectivity index (χ0n) is 31.7. The molecule has 6 unspecified atom stereocenters. The van der Waals surface area contributed by atoms with Crippen LogP contribution in [0.3, 0.4) is 0 Å². The molecule has 1 aliphatic carbocycles. The number of unbranched alkanes of at least 4 members (excludes halogenated alkanes) is 20. The number of phosphoric acid groups is 1. The number of hydrogen-bond donors (Lipinski definition) is 6. The van der Waals surface area contributed by atoms with Crippen LogP contribution < -0.4 is 0 Å². The van der Waals surface area contributed by atoms with Crippen LogP contribution in [0.5, 0.6) is 0 Å². The predicted molar refractivity (Wildman–Crippen MR) is 198 cm³/mol. The largest absolute Gasteiger partial charge is 0.472 e. The summed E-state index contributed by atoms with van der Waals surface area (Å²) in [5.41, 5.74) is 0. The van der Waals surface area contributed by atoms with E-state index >= 15 is 0 Å². The highest BCUT2D eigenvalue weighted by Gasteiger charge is 2.51. The zero-order valence-corrected chi connectivity index (χ0v) is 32.6. The smallest absolute Gasteiger partial charge is 0.462 e. The Hall–Kier alpha value is -1.41. The van der Waals surface area contributed by atoms with Gasteiger partial charge in [0.05, 0.1) is 6.61 Å². The highest BCUT2D eigenvalue weighted by molar-refractivity contribution is 7.47. The number of aliphatic hydroxyl groups is 5. The molecule has 14 heteroatoms. The molecule has 52 heavy (non-hydrogen) atoms. The number of esters is 2. The third kappa shape index (κ3) is 22.7. The van der Waals surface area contributed by atoms with E-state index in [-0.39, 0.29) is 12.8 Å². The highest BCUT2D eigenvalue weighted by atomic mass is 31.2. The molecule has 0 amide bonds. The summed E-state index contributed by atoms with van der Waals surface area (Å²) < 4.78 is 33.3. The van der Waals surface area contributed by atoms with Crippen LogP contribution >= 0.6 is 7.82 Å². The maximum Gasteiger partial charge on any atom is 0.472 e. The number of ether oxygens (including phenoxy) is 2. The molecular formula is C38H71O13P. The Morgan fingerprint density at radius 2 is 1.02 bits per heavy atom. The summed E-state index contributed by atoms with van der Waals surface area (Å²) in [5.74, 6) is -1.10. The number of allylic oxidation sites excluding steroid dienone is 1. The average molecular weight is 767 g/mol. The summed E-state index contributed by atoms with van der Waals surface area (Å²) in [4.78, 5) is 35.4. The lowest BCUT2D eigenvalue weighted by Crippen LogP contribution is -2.64. The van der Waals surface area contributed by atoms with E-state index in [1.165, 1.54) is 77.0 Å². The molecule has 13 nitrogen and oxygen atoms in total. The molecule has 0 saturated heterocycles. The number of aliphatic hydroxyl groups excluding tert-OH is 5. The van der Waals surface area contributed by atoms with Crippen LogP contribution in [-0.2, 0) is 32.7 Å². The summed E-state index contributed by atoms with van der Waals surface area (Å²) in [6.07, 6.45) is 13.4. The third-order valence-corrected chi connectivity index (χ3v) is 10.5. The van der Waals surface area contributed by atoms with E-state index in [2.05, 4.69) is 13.5 Å². The van der Waals surface area contributed by atoms with Crippen molar-refractivity contribution in [3.8, 4) is 0 Å². The van der Waals surface area contributed by atoms with E-state index in [1.54, 1.807) is 0 Å². The quantitative estimate of drug-likeness (QED) is 0.0187. The second-order valence-electron chi connectivity index (χ2n) is 14.2. The minimum Gasteiger partial charge on any atom is -0.462 e. The molecule has 1 fully saturated rings. The van der Waals surface area contributed by atoms with Crippen molar-refractivity contribution in [2.45, 2.75) is 204 Å². The molecule has 0 heterocycles. The SMILES string of the molecule is C=CCCCCCCCCCCCCCCCC(=O)O[C@H](COC(=O)CCCCCCCCCC)COP(=O)(O)OC1C(O)C(O)C(O)[C@@H](O)C1O. The molecule has 306 valence electrons. The molecule has 8 atom stereocenters. The Balaban J connectivity index is 2.49. The summed E-state index contributed by atoms with van der Waals surface area (Å²) in [5, 5.41) is 49.9. The van der Waals surface area contributed by atoms with Gasteiger partial charge in [0, 0.05) is 12.8 Å². The van der Waals surface area contributed by atoms with Crippen molar-refractivity contribution in [1.29, 1.82) is 0 Å². The molecule has 0 aromatic rings. The minimum absolute atomic E-state index is 0.0986. The second kappa shape index (κ2) is 29.9. The maximum absolute atomic E-state index is 12.7. The molecule has 0 aromatic carbocycles. The van der Waals surface area contributed by atoms with E-state index in [0.717, 1.165) is 51.4 Å². The molecule has 0 radical (unpaired) electrons. The lowest BCUT2D eigenvalue weighted by Gasteiger charge is -2.41. The Labute approximate surface area is 312 Å². The van der Waals surface area contributed by atoms with Crippen molar-refractivity contribution >= 4 is 19.8 Å². The van der Waals surface area contributed by atoms with E-state index in [1.807, 2.05) is 6.08 Å². The first kappa shape index (κ1) is 48.6. The summed E-state index contributed by atoms with van der Waals surface area (Å²) in [6.45, 7) is 4.76. The lowest BCUT2D eigenvalue weighted by atomic mass is 9.85. The molecule has 6 N–H and O–H groups in total. The number of carbonyl (C=O) groups excluding carboxylic acids is 2. The predicted octanol–water partition coefficient (Wildman–Crippen LogP) is 6.33. The van der Waals surface area contributed by atoms with Crippen molar-refractivity contribution in [3.63, 3.8) is 0 Å². The lowest BCUT2D eigenvalue weighted by molar-refractivity contribution is -0.220. The van der Waals surface area contributed by atoms with Gasteiger partial charge in [-0.25, -0.2) is 4.57 Å². The average Bonchev–Trinajstić information content (AvgIpc) is 3.12. The fraction of sp³-hybridized carbons (Fsp3) is 0.895. The molecule has 1 aliphatic rings. The zero-order chi connectivity index (χ0) is 38.6. The number of hydrogen-bond acceptors (Lipinski definition) is 12. The van der Waals surface area contributed by atoms with Gasteiger partial charge in [-0.15, -0.1) is 6.58 Å². The van der Waals surface area contributed by atoms with Gasteiger partial charge in [-0.2, -0.15) is 0 Å². The van der Waals surface area contributed by atoms with Crippen LogP contribution in [0.25, 0.3) is 0 Å². The van der Waals surface area contributed by atoms with E-state index in [0.29, 0.717) is 12.8 Å². The summed E-state index contributed by atoms with van der Waals surface area (Å²) >= 11 is 0. The van der Waals surface area contributed by atoms with Crippen LogP contribution in [0.1, 0.15) is 161 Å². The summed E-state index contributed by atoms with van der Waals surface area (Å²) in [6, 6.07) is 0. The monoisotopic (exact) mass is 766 g/mol. The van der Waals surface area contributed by atoms with Crippen molar-refractivity contribution < 1.29 is 63.1 Å². The Morgan fingerprint density at radius 1 is 0.615 bits per heavy atom. The van der Waals surface area contributed by atoms with Gasteiger partial charge in [0.1, 0.15) is 43.2 Å². The van der Waals surface area contributed by atoms with Crippen molar-refractivity contribution in [2.75, 3.05) is 13.2 Å². The molecular weight excluding hydrogens is 695 g/mol. The number of rotatable bonds is 33. The third-order valence-electron chi connectivity index (χ3n) is 9.50. The van der Waals surface area contributed by atoms with Gasteiger partial charge in [-0.3, -0.25) is 18.6 Å². The van der Waals surface area contributed by atoms with Gasteiger partial charge in [0.25, 0.3) is 0 Å². The van der Waals surface area contributed by atoms with Gasteiger partial charge < -0.3 is 39.9 Å². The van der Waals surface area contributed by atoms with Gasteiger partial charge in [0.15, 0.2) is 6.10 Å². The van der Waals surface area contributed by atoms with E-state index < -0.39 is 75.7 Å². The molecule has 0 aliphatic heterocycles. The van der Waals surface area contributed by atoms with Gasteiger partial charge >= 0.3 is 19.8 Å². The van der Waals surface area contributed by atoms with E-state index in [4.69, 9.17) is 18.5 Å². The molecule has 0 aromatic heterocycles. The van der Waals surface area contributed by atoms with Crippen LogP contribution in [0, 0.1) is 0 Å². The van der Waals surface area contributed by atoms with E-state index in [9.17, 15) is 44.6 Å². The van der Waals surface area contributed by atoms with Gasteiger partial charge in [0.2, 0.25) is 0 Å². The van der Waals surface area contributed by atoms with Crippen LogP contribution in [0.2, 0.25) is 0 Å². The number of phosphoric ester groups is 1. The minimum atomic E-state index is -5.10. The first-order valence-electron chi connectivity index (χ1n) is 20.0. The Bertz CT molecular complexity index is 967. The second-order valence-corrected chi connectivity index (χ2v) is 15.6. The highest BCUT2D eigenvalue weighted by Crippen LogP contribution is 2.47. The molecule has 1 saturated carbocycles. The molecule has 1 rings (SSSR count). The molecule has 0 bridgehead atoms. The maximum atomic E-state index is 12.7. The van der Waals surface area contributed by atoms with Gasteiger partial charge in [-0.05, 0) is 25.7 Å².